The van der Waals surface area contributed by atoms with Crippen LogP contribution in [0.25, 0.3) is 28.3 Å². The fraction of sp³-hybridized carbons (Fsp3) is 0.182. The van der Waals surface area contributed by atoms with E-state index in [0.717, 1.165) is 0 Å². The number of nitrogens with zero attached hydrogens (tertiary/aromatic N) is 2. The summed E-state index contributed by atoms with van der Waals surface area (Å²) >= 11 is 0. The van der Waals surface area contributed by atoms with E-state index in [1.807, 2.05) is 0 Å². The van der Waals surface area contributed by atoms with Crippen molar-refractivity contribution in [2.75, 3.05) is 0 Å². The van der Waals surface area contributed by atoms with Crippen LogP contribution < -0.4 is 4.57 Å². The van der Waals surface area contributed by atoms with Crippen molar-refractivity contribution in [2.24, 2.45) is 0 Å². The highest BCUT2D eigenvalue weighted by Crippen LogP contribution is 2.47. The minimum atomic E-state index is -0.337. The van der Waals surface area contributed by atoms with E-state index < -0.39 is 0 Å². The third-order valence-corrected chi connectivity index (χ3v) is 7.88. The molecular weight excluding hydrogens is 424 g/mol. The molecule has 35 heavy (non-hydrogen) atoms. The van der Waals surface area contributed by atoms with E-state index in [1.165, 1.54) is 61.8 Å². The first-order chi connectivity index (χ1) is 16.9. The second-order valence-corrected chi connectivity index (χ2v) is 9.97. The molecule has 0 N–H and O–H groups in total. The van der Waals surface area contributed by atoms with E-state index >= 15 is 0 Å². The molecule has 1 atom stereocenters. The van der Waals surface area contributed by atoms with Crippen LogP contribution in [-0.2, 0) is 5.54 Å². The minimum Gasteiger partial charge on any atom is -0.208 e. The second-order valence-electron chi connectivity index (χ2n) is 9.97. The molecule has 1 unspecified atom stereocenters. The standard InChI is InChI=1S/C33H31N2/c1-22-14-9-12-21-29(22)34-25(4)31-27-19-10-11-20-28(27)33(5,26-17-7-6-8-18-26)35(31)32(34)30-23(2)15-13-16-24(30)3/h6-21H,1-5H3/q+1. The number of para-hydroxylation sites is 1. The molecular formula is C33H31N2+. The number of rotatable bonds is 3. The zero-order valence-electron chi connectivity index (χ0n) is 21.1. The maximum atomic E-state index is 2.62. The number of imidazole rings is 1. The molecule has 2 heterocycles. The maximum absolute atomic E-state index is 2.62. The summed E-state index contributed by atoms with van der Waals surface area (Å²) in [5.74, 6) is 1.24. The Kier molecular flexibility index (Phi) is 4.82. The molecule has 172 valence electrons. The highest BCUT2D eigenvalue weighted by Gasteiger charge is 2.51. The molecule has 1 aliphatic rings. The van der Waals surface area contributed by atoms with E-state index in [2.05, 4.69) is 141 Å². The normalized spacial score (nSPS) is 16.3. The summed E-state index contributed by atoms with van der Waals surface area (Å²) in [4.78, 5) is 0. The molecule has 5 aromatic rings. The maximum Gasteiger partial charge on any atom is 0.296 e. The van der Waals surface area contributed by atoms with Crippen molar-refractivity contribution >= 4 is 0 Å². The largest absolute Gasteiger partial charge is 0.296 e. The average molecular weight is 456 g/mol. The van der Waals surface area contributed by atoms with Gasteiger partial charge in [-0.2, -0.15) is 4.57 Å². The van der Waals surface area contributed by atoms with Gasteiger partial charge in [-0.1, -0.05) is 91.0 Å². The number of aromatic nitrogens is 2. The van der Waals surface area contributed by atoms with Gasteiger partial charge in [0.2, 0.25) is 0 Å². The minimum absolute atomic E-state index is 0.337. The molecule has 0 amide bonds. The van der Waals surface area contributed by atoms with E-state index in [0.29, 0.717) is 0 Å². The summed E-state index contributed by atoms with van der Waals surface area (Å²) in [6.45, 7) is 11.4. The molecule has 0 spiro atoms. The lowest BCUT2D eigenvalue weighted by Gasteiger charge is -2.26. The van der Waals surface area contributed by atoms with Crippen LogP contribution in [0.2, 0.25) is 0 Å². The van der Waals surface area contributed by atoms with Crippen molar-refractivity contribution in [3.63, 3.8) is 0 Å². The topological polar surface area (TPSA) is 8.81 Å². The van der Waals surface area contributed by atoms with E-state index in [9.17, 15) is 0 Å². The average Bonchev–Trinajstić information content (AvgIpc) is 3.31. The Labute approximate surface area is 208 Å². The summed E-state index contributed by atoms with van der Waals surface area (Å²) in [5, 5.41) is 0. The number of aryl methyl sites for hydroxylation is 3. The van der Waals surface area contributed by atoms with Gasteiger partial charge in [0, 0.05) is 23.6 Å². The fourth-order valence-electron chi connectivity index (χ4n) is 6.16. The molecule has 0 fully saturated rings. The zero-order valence-corrected chi connectivity index (χ0v) is 21.1. The second kappa shape index (κ2) is 7.81. The van der Waals surface area contributed by atoms with E-state index in [4.69, 9.17) is 0 Å². The molecule has 0 saturated carbocycles. The third kappa shape index (κ3) is 2.93. The van der Waals surface area contributed by atoms with Crippen LogP contribution >= 0.6 is 0 Å². The van der Waals surface area contributed by atoms with Gasteiger partial charge in [-0.15, -0.1) is 0 Å². The summed E-state index contributed by atoms with van der Waals surface area (Å²) in [7, 11) is 0. The SMILES string of the molecule is Cc1ccccc1-n1c(C)c2[n+](c1-c1c(C)cccc1C)C(C)(c1ccccc1)c1ccccc1-2. The molecule has 0 radical (unpaired) electrons. The van der Waals surface area contributed by atoms with Crippen molar-refractivity contribution < 1.29 is 4.57 Å². The van der Waals surface area contributed by atoms with Gasteiger partial charge < -0.3 is 0 Å². The van der Waals surface area contributed by atoms with Crippen molar-refractivity contribution in [3.8, 4) is 28.3 Å². The molecule has 6 rings (SSSR count). The lowest BCUT2D eigenvalue weighted by atomic mass is 9.84. The van der Waals surface area contributed by atoms with Crippen LogP contribution in [-0.4, -0.2) is 4.57 Å². The van der Waals surface area contributed by atoms with Gasteiger partial charge in [0.05, 0.1) is 5.56 Å². The quantitative estimate of drug-likeness (QED) is 0.250. The van der Waals surface area contributed by atoms with Gasteiger partial charge in [-0.05, 0) is 50.5 Å². The predicted octanol–water partition coefficient (Wildman–Crippen LogP) is 7.46. The Morgan fingerprint density at radius 2 is 1.23 bits per heavy atom. The Morgan fingerprint density at radius 1 is 0.629 bits per heavy atom. The Morgan fingerprint density at radius 3 is 1.94 bits per heavy atom. The number of hydrogen-bond acceptors (Lipinski definition) is 0. The van der Waals surface area contributed by atoms with Crippen LogP contribution in [0.1, 0.15) is 40.4 Å². The molecule has 1 aliphatic heterocycles. The van der Waals surface area contributed by atoms with Crippen LogP contribution in [0.3, 0.4) is 0 Å². The molecule has 0 bridgehead atoms. The first-order valence-corrected chi connectivity index (χ1v) is 12.4. The van der Waals surface area contributed by atoms with Crippen molar-refractivity contribution in [3.05, 3.63) is 131 Å². The molecule has 0 saturated heterocycles. The first kappa shape index (κ1) is 21.6. The van der Waals surface area contributed by atoms with Gasteiger partial charge >= 0.3 is 0 Å². The Balaban J connectivity index is 1.85. The summed E-state index contributed by atoms with van der Waals surface area (Å²) in [6, 6.07) is 35.3. The first-order valence-electron chi connectivity index (χ1n) is 12.4. The number of fused-ring (bicyclic) bond motifs is 3. The Hall–Kier alpha value is -3.91. The molecule has 4 aromatic carbocycles. The lowest BCUT2D eigenvalue weighted by Crippen LogP contribution is -2.54. The van der Waals surface area contributed by atoms with Gasteiger partial charge in [0.15, 0.2) is 16.9 Å². The van der Waals surface area contributed by atoms with Gasteiger partial charge in [0.1, 0.15) is 5.69 Å². The van der Waals surface area contributed by atoms with Crippen LogP contribution in [0.4, 0.5) is 0 Å². The van der Waals surface area contributed by atoms with Crippen LogP contribution in [0.15, 0.2) is 97.1 Å². The Bertz CT molecular complexity index is 1570. The number of benzene rings is 4. The highest BCUT2D eigenvalue weighted by atomic mass is 15.2. The van der Waals surface area contributed by atoms with Gasteiger partial charge in [0.25, 0.3) is 5.82 Å². The van der Waals surface area contributed by atoms with E-state index in [-0.39, 0.29) is 5.54 Å². The van der Waals surface area contributed by atoms with Crippen molar-refractivity contribution in [1.29, 1.82) is 0 Å². The summed E-state index contributed by atoms with van der Waals surface area (Å²) < 4.78 is 5.11. The van der Waals surface area contributed by atoms with Crippen LogP contribution in [0, 0.1) is 27.7 Å². The zero-order chi connectivity index (χ0) is 24.3. The van der Waals surface area contributed by atoms with E-state index in [1.54, 1.807) is 0 Å². The smallest absolute Gasteiger partial charge is 0.208 e. The summed E-state index contributed by atoms with van der Waals surface area (Å²) in [5.41, 5.74) is 12.6. The molecule has 0 aliphatic carbocycles. The number of hydrogen-bond donors (Lipinski definition) is 0. The van der Waals surface area contributed by atoms with Crippen LogP contribution in [0.5, 0.6) is 0 Å². The monoisotopic (exact) mass is 455 g/mol. The van der Waals surface area contributed by atoms with Crippen molar-refractivity contribution in [1.82, 2.24) is 4.57 Å². The highest BCUT2D eigenvalue weighted by molar-refractivity contribution is 5.75. The molecule has 2 heteroatoms. The van der Waals surface area contributed by atoms with Gasteiger partial charge in [-0.3, -0.25) is 0 Å². The van der Waals surface area contributed by atoms with Crippen molar-refractivity contribution in [2.45, 2.75) is 40.2 Å². The van der Waals surface area contributed by atoms with Gasteiger partial charge in [-0.25, -0.2) is 4.57 Å². The predicted molar refractivity (Wildman–Crippen MR) is 144 cm³/mol. The fourth-order valence-corrected chi connectivity index (χ4v) is 6.16. The molecule has 1 aromatic heterocycles. The third-order valence-electron chi connectivity index (χ3n) is 7.88. The lowest BCUT2D eigenvalue weighted by molar-refractivity contribution is -0.714. The summed E-state index contributed by atoms with van der Waals surface area (Å²) in [6.07, 6.45) is 0. The molecule has 2 nitrogen and oxygen atoms in total.